The molecule has 7 nitrogen and oxygen atoms in total. The van der Waals surface area contributed by atoms with E-state index < -0.39 is 23.2 Å². The molecular formula is C18H15N3O4. The number of phenolic OH excluding ortho intramolecular Hbond substituents is 3. The lowest BCUT2D eigenvalue weighted by atomic mass is 10.1. The number of aromatic nitrogens is 1. The molecule has 0 aliphatic rings. The Hall–Kier alpha value is -3.74. The van der Waals surface area contributed by atoms with E-state index in [1.54, 1.807) is 12.1 Å². The Morgan fingerprint density at radius 2 is 1.68 bits per heavy atom. The number of aromatic hydroxyl groups is 3. The van der Waals surface area contributed by atoms with Crippen molar-refractivity contribution in [1.82, 2.24) is 9.99 Å². The van der Waals surface area contributed by atoms with Crippen molar-refractivity contribution >= 4 is 12.1 Å². The Labute approximate surface area is 143 Å². The number of amides is 1. The predicted molar refractivity (Wildman–Crippen MR) is 92.3 cm³/mol. The van der Waals surface area contributed by atoms with Crippen LogP contribution in [0.25, 0.3) is 5.69 Å². The van der Waals surface area contributed by atoms with Gasteiger partial charge in [-0.05, 0) is 36.4 Å². The van der Waals surface area contributed by atoms with Crippen molar-refractivity contribution in [1.29, 1.82) is 0 Å². The summed E-state index contributed by atoms with van der Waals surface area (Å²) in [4.78, 5) is 12.4. The third kappa shape index (κ3) is 3.30. The van der Waals surface area contributed by atoms with Crippen LogP contribution >= 0.6 is 0 Å². The summed E-state index contributed by atoms with van der Waals surface area (Å²) in [7, 11) is 0. The lowest BCUT2D eigenvalue weighted by Crippen LogP contribution is -2.19. The molecule has 0 saturated heterocycles. The molecule has 0 fully saturated rings. The van der Waals surface area contributed by atoms with Gasteiger partial charge in [0.25, 0.3) is 5.91 Å². The summed E-state index contributed by atoms with van der Waals surface area (Å²) >= 11 is 0. The number of nitrogens with one attached hydrogen (secondary N) is 1. The van der Waals surface area contributed by atoms with Crippen LogP contribution in [0.5, 0.6) is 17.2 Å². The summed E-state index contributed by atoms with van der Waals surface area (Å²) < 4.78 is 1.81. The first-order chi connectivity index (χ1) is 12.1. The monoisotopic (exact) mass is 337 g/mol. The Morgan fingerprint density at radius 1 is 0.960 bits per heavy atom. The van der Waals surface area contributed by atoms with Crippen LogP contribution in [0.1, 0.15) is 15.9 Å². The average molecular weight is 337 g/mol. The molecule has 0 bridgehead atoms. The second kappa shape index (κ2) is 6.79. The van der Waals surface area contributed by atoms with Crippen LogP contribution in [0, 0.1) is 0 Å². The zero-order valence-corrected chi connectivity index (χ0v) is 13.0. The fourth-order valence-electron chi connectivity index (χ4n) is 2.30. The third-order valence-corrected chi connectivity index (χ3v) is 3.56. The van der Waals surface area contributed by atoms with Crippen molar-refractivity contribution in [3.05, 3.63) is 72.1 Å². The zero-order chi connectivity index (χ0) is 17.8. The number of hydrogen-bond acceptors (Lipinski definition) is 5. The summed E-state index contributed by atoms with van der Waals surface area (Å²) in [6.07, 6.45) is 4.82. The lowest BCUT2D eigenvalue weighted by Gasteiger charge is -2.09. The maximum Gasteiger partial charge on any atom is 0.273 e. The lowest BCUT2D eigenvalue weighted by molar-refractivity contribution is 0.0955. The highest BCUT2D eigenvalue weighted by Gasteiger charge is 2.12. The molecule has 2 aromatic carbocycles. The molecule has 4 N–H and O–H groups in total. The van der Waals surface area contributed by atoms with E-state index in [1.807, 2.05) is 41.2 Å². The molecule has 25 heavy (non-hydrogen) atoms. The van der Waals surface area contributed by atoms with Crippen LogP contribution in [0.3, 0.4) is 0 Å². The Bertz CT molecular complexity index is 933. The number of phenols is 3. The van der Waals surface area contributed by atoms with Crippen molar-refractivity contribution < 1.29 is 20.1 Å². The van der Waals surface area contributed by atoms with E-state index in [4.69, 9.17) is 0 Å². The molecule has 0 atom stereocenters. The number of hydrazone groups is 1. The van der Waals surface area contributed by atoms with Crippen molar-refractivity contribution in [2.75, 3.05) is 0 Å². The minimum atomic E-state index is -0.645. The molecular weight excluding hydrogens is 322 g/mol. The standard InChI is InChI=1S/C18H15N3O4/c22-15-8-7-12(16(23)17(15)24)11-19-20-18(25)13-5-1-2-6-14(13)21-9-3-4-10-21/h1-11,22-24H,(H,20,25). The zero-order valence-electron chi connectivity index (χ0n) is 13.0. The number of nitrogens with zero attached hydrogens (tertiary/aromatic N) is 2. The number of carbonyl (C=O) groups excluding carboxylic acids is 1. The van der Waals surface area contributed by atoms with Crippen LogP contribution in [-0.4, -0.2) is 32.0 Å². The summed E-state index contributed by atoms with van der Waals surface area (Å²) in [6.45, 7) is 0. The molecule has 0 spiro atoms. The predicted octanol–water partition coefficient (Wildman–Crippen LogP) is 2.36. The molecule has 0 aliphatic heterocycles. The van der Waals surface area contributed by atoms with Gasteiger partial charge < -0.3 is 19.9 Å². The molecule has 1 amide bonds. The van der Waals surface area contributed by atoms with Crippen molar-refractivity contribution in [2.24, 2.45) is 5.10 Å². The first kappa shape index (κ1) is 16.1. The maximum atomic E-state index is 12.4. The highest BCUT2D eigenvalue weighted by molar-refractivity contribution is 5.98. The first-order valence-corrected chi connectivity index (χ1v) is 7.37. The number of rotatable bonds is 4. The van der Waals surface area contributed by atoms with Gasteiger partial charge in [-0.25, -0.2) is 5.43 Å². The molecule has 0 radical (unpaired) electrons. The minimum Gasteiger partial charge on any atom is -0.504 e. The number of para-hydroxylation sites is 1. The van der Waals surface area contributed by atoms with Crippen LogP contribution in [0.2, 0.25) is 0 Å². The number of benzene rings is 2. The summed E-state index contributed by atoms with van der Waals surface area (Å²) in [5.74, 6) is -2.04. The van der Waals surface area contributed by atoms with Gasteiger partial charge in [-0.1, -0.05) is 12.1 Å². The Morgan fingerprint density at radius 3 is 2.44 bits per heavy atom. The molecule has 1 aromatic heterocycles. The largest absolute Gasteiger partial charge is 0.504 e. The summed E-state index contributed by atoms with van der Waals surface area (Å²) in [5.41, 5.74) is 3.64. The van der Waals surface area contributed by atoms with E-state index in [1.165, 1.54) is 18.3 Å². The Balaban J connectivity index is 1.79. The molecule has 3 rings (SSSR count). The van der Waals surface area contributed by atoms with Crippen LogP contribution < -0.4 is 5.43 Å². The van der Waals surface area contributed by atoms with Crippen molar-refractivity contribution in [3.63, 3.8) is 0 Å². The highest BCUT2D eigenvalue weighted by Crippen LogP contribution is 2.36. The first-order valence-electron chi connectivity index (χ1n) is 7.37. The minimum absolute atomic E-state index is 0.147. The van der Waals surface area contributed by atoms with E-state index in [9.17, 15) is 20.1 Å². The van der Waals surface area contributed by atoms with E-state index in [2.05, 4.69) is 10.5 Å². The van der Waals surface area contributed by atoms with E-state index in [0.29, 0.717) is 11.3 Å². The smallest absolute Gasteiger partial charge is 0.273 e. The van der Waals surface area contributed by atoms with Gasteiger partial charge in [0.2, 0.25) is 5.75 Å². The fourth-order valence-corrected chi connectivity index (χ4v) is 2.30. The molecule has 0 saturated carbocycles. The molecule has 1 heterocycles. The van der Waals surface area contributed by atoms with Crippen molar-refractivity contribution in [3.8, 4) is 22.9 Å². The highest BCUT2D eigenvalue weighted by atomic mass is 16.3. The van der Waals surface area contributed by atoms with Gasteiger partial charge >= 0.3 is 0 Å². The quantitative estimate of drug-likeness (QED) is 0.333. The third-order valence-electron chi connectivity index (χ3n) is 3.56. The van der Waals surface area contributed by atoms with Gasteiger partial charge in [-0.2, -0.15) is 5.10 Å². The van der Waals surface area contributed by atoms with Gasteiger partial charge in [0.05, 0.1) is 17.5 Å². The normalized spacial score (nSPS) is 10.9. The number of carbonyl (C=O) groups is 1. The van der Waals surface area contributed by atoms with Crippen molar-refractivity contribution in [2.45, 2.75) is 0 Å². The summed E-state index contributed by atoms with van der Waals surface area (Å²) in [5, 5.41) is 32.2. The van der Waals surface area contributed by atoms with Gasteiger partial charge in [0.15, 0.2) is 11.5 Å². The maximum absolute atomic E-state index is 12.4. The average Bonchev–Trinajstić information content (AvgIpc) is 3.16. The van der Waals surface area contributed by atoms with E-state index >= 15 is 0 Å². The topological polar surface area (TPSA) is 107 Å². The van der Waals surface area contributed by atoms with Crippen LogP contribution in [0.15, 0.2) is 66.0 Å². The molecule has 126 valence electrons. The molecule has 0 aliphatic carbocycles. The molecule has 7 heteroatoms. The SMILES string of the molecule is O=C(NN=Cc1ccc(O)c(O)c1O)c1ccccc1-n1cccc1. The van der Waals surface area contributed by atoms with Gasteiger partial charge in [0, 0.05) is 18.0 Å². The van der Waals surface area contributed by atoms with Gasteiger partial charge in [-0.15, -0.1) is 0 Å². The van der Waals surface area contributed by atoms with Crippen LogP contribution in [0.4, 0.5) is 0 Å². The second-order valence-electron chi connectivity index (χ2n) is 5.18. The van der Waals surface area contributed by atoms with Crippen LogP contribution in [-0.2, 0) is 0 Å². The van der Waals surface area contributed by atoms with Gasteiger partial charge in [0.1, 0.15) is 0 Å². The van der Waals surface area contributed by atoms with E-state index in [0.717, 1.165) is 0 Å². The second-order valence-corrected chi connectivity index (χ2v) is 5.18. The summed E-state index contributed by atoms with van der Waals surface area (Å²) in [6, 6.07) is 13.3. The Kier molecular flexibility index (Phi) is 4.38. The fraction of sp³-hybridized carbons (Fsp3) is 0. The molecule has 0 unspecified atom stereocenters. The van der Waals surface area contributed by atoms with Gasteiger partial charge in [-0.3, -0.25) is 4.79 Å². The van der Waals surface area contributed by atoms with E-state index in [-0.39, 0.29) is 5.56 Å². The molecule has 3 aromatic rings. The number of hydrogen-bond donors (Lipinski definition) is 4.